The Morgan fingerprint density at radius 1 is 1.16 bits per heavy atom. The fourth-order valence-electron chi connectivity index (χ4n) is 1.52. The van der Waals surface area contributed by atoms with E-state index in [1.54, 1.807) is 0 Å². The second-order valence-corrected chi connectivity index (χ2v) is 4.53. The molecule has 1 atom stereocenters. The topological polar surface area (TPSA) is 63.7 Å². The maximum atomic E-state index is 11.5. The van der Waals surface area contributed by atoms with Gasteiger partial charge in [0.05, 0.1) is 5.69 Å². The van der Waals surface area contributed by atoms with Gasteiger partial charge in [-0.25, -0.2) is 4.90 Å². The van der Waals surface area contributed by atoms with Crippen LogP contribution in [0.25, 0.3) is 0 Å². The Kier molecular flexibility index (Phi) is 3.66. The molecule has 1 aromatic rings. The van der Waals surface area contributed by atoms with E-state index in [0.29, 0.717) is 11.4 Å². The molecule has 1 aliphatic heterocycles. The van der Waals surface area contributed by atoms with Crippen LogP contribution in [0.5, 0.6) is 5.75 Å². The molecule has 6 heteroatoms. The molecule has 0 bridgehead atoms. The number of amides is 2. The Hall–Kier alpha value is -2.14. The van der Waals surface area contributed by atoms with Crippen molar-refractivity contribution < 1.29 is 19.1 Å². The van der Waals surface area contributed by atoms with Gasteiger partial charge >= 0.3 is 5.97 Å². The molecular weight excluding hydrogens is 270 g/mol. The third-order valence-corrected chi connectivity index (χ3v) is 2.63. The van der Waals surface area contributed by atoms with Crippen molar-refractivity contribution in [1.82, 2.24) is 0 Å². The zero-order valence-corrected chi connectivity index (χ0v) is 10.8. The number of carbonyl (C=O) groups is 3. The molecule has 0 aromatic heterocycles. The average molecular weight is 280 g/mol. The van der Waals surface area contributed by atoms with Crippen LogP contribution >= 0.6 is 11.6 Å². The Balaban J connectivity index is 2.13. The Morgan fingerprint density at radius 3 is 2.16 bits per heavy atom. The molecule has 0 radical (unpaired) electrons. The highest BCUT2D eigenvalue weighted by Gasteiger charge is 2.25. The van der Waals surface area contributed by atoms with Gasteiger partial charge in [0.2, 0.25) is 0 Å². The number of esters is 1. The molecule has 98 valence electrons. The van der Waals surface area contributed by atoms with E-state index in [0.717, 1.165) is 4.90 Å². The quantitative estimate of drug-likeness (QED) is 0.365. The third kappa shape index (κ3) is 2.82. The summed E-state index contributed by atoms with van der Waals surface area (Å²) in [5.74, 6) is -1.06. The highest BCUT2D eigenvalue weighted by atomic mass is 35.5. The summed E-state index contributed by atoms with van der Waals surface area (Å²) in [6.07, 6.45) is 2.40. The zero-order chi connectivity index (χ0) is 14.0. The van der Waals surface area contributed by atoms with E-state index in [2.05, 4.69) is 0 Å². The minimum atomic E-state index is -0.745. The molecule has 0 saturated heterocycles. The summed E-state index contributed by atoms with van der Waals surface area (Å²) in [5, 5.41) is -0.745. The van der Waals surface area contributed by atoms with Crippen LogP contribution in [-0.4, -0.2) is 23.2 Å². The number of alkyl halides is 1. The standard InChI is InChI=1S/C13H10ClNO4/c1-8(14)13(18)19-10-4-2-9(3-5-10)15-11(16)6-7-12(15)17/h2-8H,1H3. The van der Waals surface area contributed by atoms with Gasteiger partial charge in [-0.1, -0.05) is 0 Å². The fourth-order valence-corrected chi connectivity index (χ4v) is 1.56. The van der Waals surface area contributed by atoms with Crippen molar-refractivity contribution in [2.45, 2.75) is 12.3 Å². The molecule has 0 spiro atoms. The monoisotopic (exact) mass is 279 g/mol. The molecule has 1 unspecified atom stereocenters. The van der Waals surface area contributed by atoms with E-state index in [9.17, 15) is 14.4 Å². The largest absolute Gasteiger partial charge is 0.425 e. The van der Waals surface area contributed by atoms with Crippen LogP contribution in [0.15, 0.2) is 36.4 Å². The molecule has 2 amide bonds. The van der Waals surface area contributed by atoms with Gasteiger partial charge in [-0.2, -0.15) is 0 Å². The van der Waals surface area contributed by atoms with Gasteiger partial charge in [0.25, 0.3) is 11.8 Å². The lowest BCUT2D eigenvalue weighted by molar-refractivity contribution is -0.133. The van der Waals surface area contributed by atoms with E-state index < -0.39 is 23.2 Å². The van der Waals surface area contributed by atoms with Gasteiger partial charge in [0.15, 0.2) is 0 Å². The van der Waals surface area contributed by atoms with Crippen LogP contribution in [0.4, 0.5) is 5.69 Å². The molecule has 0 saturated carbocycles. The zero-order valence-electron chi connectivity index (χ0n) is 10.00. The van der Waals surface area contributed by atoms with Crippen LogP contribution in [-0.2, 0) is 14.4 Å². The summed E-state index contributed by atoms with van der Waals surface area (Å²) in [6, 6.07) is 6.02. The van der Waals surface area contributed by atoms with Gasteiger partial charge in [-0.05, 0) is 31.2 Å². The van der Waals surface area contributed by atoms with Gasteiger partial charge in [0.1, 0.15) is 11.1 Å². The van der Waals surface area contributed by atoms with E-state index in [1.807, 2.05) is 0 Å². The van der Waals surface area contributed by atoms with Gasteiger partial charge < -0.3 is 4.74 Å². The number of imide groups is 1. The van der Waals surface area contributed by atoms with E-state index in [1.165, 1.54) is 43.3 Å². The van der Waals surface area contributed by atoms with Crippen molar-refractivity contribution in [3.63, 3.8) is 0 Å². The number of ether oxygens (including phenoxy) is 1. The normalized spacial score (nSPS) is 15.8. The third-order valence-electron chi connectivity index (χ3n) is 2.45. The minimum Gasteiger partial charge on any atom is -0.425 e. The summed E-state index contributed by atoms with van der Waals surface area (Å²) >= 11 is 5.57. The fraction of sp³-hybridized carbons (Fsp3) is 0.154. The van der Waals surface area contributed by atoms with Gasteiger partial charge in [-0.15, -0.1) is 11.6 Å². The van der Waals surface area contributed by atoms with Crippen molar-refractivity contribution in [3.05, 3.63) is 36.4 Å². The molecule has 5 nitrogen and oxygen atoms in total. The molecule has 0 N–H and O–H groups in total. The van der Waals surface area contributed by atoms with Gasteiger partial charge in [0, 0.05) is 12.2 Å². The van der Waals surface area contributed by atoms with Crippen LogP contribution in [0.3, 0.4) is 0 Å². The minimum absolute atomic E-state index is 0.299. The summed E-state index contributed by atoms with van der Waals surface area (Å²) < 4.78 is 4.97. The first-order chi connectivity index (χ1) is 8.99. The first-order valence-electron chi connectivity index (χ1n) is 5.51. The number of benzene rings is 1. The van der Waals surface area contributed by atoms with E-state index in [4.69, 9.17) is 16.3 Å². The molecule has 0 aliphatic carbocycles. The maximum absolute atomic E-state index is 11.5. The van der Waals surface area contributed by atoms with Gasteiger partial charge in [-0.3, -0.25) is 14.4 Å². The number of hydrogen-bond donors (Lipinski definition) is 0. The van der Waals surface area contributed by atoms with Crippen molar-refractivity contribution in [1.29, 1.82) is 0 Å². The van der Waals surface area contributed by atoms with Crippen molar-refractivity contribution in [2.75, 3.05) is 4.90 Å². The van der Waals surface area contributed by atoms with E-state index >= 15 is 0 Å². The smallest absolute Gasteiger partial charge is 0.329 e. The number of carbonyl (C=O) groups excluding carboxylic acids is 3. The number of rotatable bonds is 3. The Labute approximate surface area is 114 Å². The van der Waals surface area contributed by atoms with Crippen molar-refractivity contribution in [2.24, 2.45) is 0 Å². The molecule has 2 rings (SSSR count). The average Bonchev–Trinajstić information content (AvgIpc) is 2.70. The summed E-state index contributed by atoms with van der Waals surface area (Å²) in [6.45, 7) is 1.51. The highest BCUT2D eigenvalue weighted by molar-refractivity contribution is 6.29. The SMILES string of the molecule is CC(Cl)C(=O)Oc1ccc(N2C(=O)C=CC2=O)cc1. The molecule has 0 fully saturated rings. The van der Waals surface area contributed by atoms with Crippen LogP contribution < -0.4 is 9.64 Å². The van der Waals surface area contributed by atoms with Crippen LogP contribution in [0, 0.1) is 0 Å². The Bertz CT molecular complexity index is 545. The number of nitrogens with zero attached hydrogens (tertiary/aromatic N) is 1. The number of halogens is 1. The second-order valence-electron chi connectivity index (χ2n) is 3.88. The first kappa shape index (κ1) is 13.3. The van der Waals surface area contributed by atoms with Crippen LogP contribution in [0.2, 0.25) is 0 Å². The molecule has 1 heterocycles. The van der Waals surface area contributed by atoms with Crippen LogP contribution in [0.1, 0.15) is 6.92 Å². The maximum Gasteiger partial charge on any atom is 0.329 e. The summed E-state index contributed by atoms with van der Waals surface area (Å²) in [4.78, 5) is 35.2. The lowest BCUT2D eigenvalue weighted by Gasteiger charge is -2.14. The number of hydrogen-bond acceptors (Lipinski definition) is 4. The Morgan fingerprint density at radius 2 is 1.68 bits per heavy atom. The second kappa shape index (κ2) is 5.24. The highest BCUT2D eigenvalue weighted by Crippen LogP contribution is 2.22. The predicted molar refractivity (Wildman–Crippen MR) is 69.0 cm³/mol. The first-order valence-corrected chi connectivity index (χ1v) is 5.94. The molecule has 1 aromatic carbocycles. The molecular formula is C13H10ClNO4. The molecule has 19 heavy (non-hydrogen) atoms. The van der Waals surface area contributed by atoms with Crippen molar-refractivity contribution >= 4 is 35.1 Å². The predicted octanol–water partition coefficient (Wildman–Crippen LogP) is 1.65. The van der Waals surface area contributed by atoms with Crippen molar-refractivity contribution in [3.8, 4) is 5.75 Å². The lowest BCUT2D eigenvalue weighted by atomic mass is 10.2. The molecule has 1 aliphatic rings. The lowest BCUT2D eigenvalue weighted by Crippen LogP contribution is -2.29. The number of anilines is 1. The van der Waals surface area contributed by atoms with E-state index in [-0.39, 0.29) is 0 Å². The summed E-state index contributed by atoms with van der Waals surface area (Å²) in [7, 11) is 0. The summed E-state index contributed by atoms with van der Waals surface area (Å²) in [5.41, 5.74) is 0.415.